The number of hydrogen-bond donors (Lipinski definition) is 2. The lowest BCUT2D eigenvalue weighted by Gasteiger charge is -1.99. The highest BCUT2D eigenvalue weighted by atomic mass is 19.1. The van der Waals surface area contributed by atoms with E-state index in [9.17, 15) is 4.39 Å². The third-order valence-electron chi connectivity index (χ3n) is 1.29. The topological polar surface area (TPSA) is 40.5 Å². The van der Waals surface area contributed by atoms with Gasteiger partial charge in [-0.25, -0.2) is 4.39 Å². The fourth-order valence-corrected chi connectivity index (χ4v) is 0.655. The Hall–Kier alpha value is -1.25. The molecule has 0 aliphatic heterocycles. The van der Waals surface area contributed by atoms with Crippen LogP contribution < -0.4 is 0 Å². The predicted octanol–water partition coefficient (Wildman–Crippen LogP) is 1.55. The van der Waals surface area contributed by atoms with Crippen molar-refractivity contribution in [2.24, 2.45) is 0 Å². The molecule has 0 saturated heterocycles. The Balaban J connectivity index is 3.34. The van der Waals surface area contributed by atoms with E-state index in [1.54, 1.807) is 0 Å². The molecule has 0 aromatic heterocycles. The Morgan fingerprint density at radius 2 is 1.90 bits per heavy atom. The lowest BCUT2D eigenvalue weighted by molar-refractivity contribution is 0.377. The number of benzene rings is 1. The number of hydrogen-bond acceptors (Lipinski definition) is 2. The molecule has 3 heteroatoms. The van der Waals surface area contributed by atoms with Gasteiger partial charge in [-0.15, -0.1) is 0 Å². The molecule has 0 radical (unpaired) electrons. The number of phenols is 2. The van der Waals surface area contributed by atoms with E-state index in [1.165, 1.54) is 19.1 Å². The molecular weight excluding hydrogens is 135 g/mol. The van der Waals surface area contributed by atoms with Crippen molar-refractivity contribution in [2.75, 3.05) is 0 Å². The Morgan fingerprint density at radius 3 is 2.40 bits per heavy atom. The van der Waals surface area contributed by atoms with Crippen molar-refractivity contribution in [1.82, 2.24) is 0 Å². The molecule has 0 heterocycles. The second-order valence-electron chi connectivity index (χ2n) is 2.06. The van der Waals surface area contributed by atoms with Crippen LogP contribution in [0, 0.1) is 12.7 Å². The summed E-state index contributed by atoms with van der Waals surface area (Å²) in [5, 5.41) is 17.5. The highest BCUT2D eigenvalue weighted by Crippen LogP contribution is 2.28. The summed E-state index contributed by atoms with van der Waals surface area (Å²) in [6.07, 6.45) is 0. The van der Waals surface area contributed by atoms with Crippen LogP contribution in [0.2, 0.25) is 0 Å². The largest absolute Gasteiger partial charge is 0.504 e. The SMILES string of the molecule is Cc1ccc(O)c(O)c1F. The summed E-state index contributed by atoms with van der Waals surface area (Å²) in [6, 6.07) is 2.64. The first-order chi connectivity index (χ1) is 4.63. The van der Waals surface area contributed by atoms with E-state index < -0.39 is 17.3 Å². The first-order valence-corrected chi connectivity index (χ1v) is 2.80. The Labute approximate surface area is 57.6 Å². The van der Waals surface area contributed by atoms with Crippen molar-refractivity contribution in [1.29, 1.82) is 0 Å². The van der Waals surface area contributed by atoms with Gasteiger partial charge in [0, 0.05) is 0 Å². The average molecular weight is 142 g/mol. The molecule has 54 valence electrons. The van der Waals surface area contributed by atoms with Gasteiger partial charge in [-0.3, -0.25) is 0 Å². The van der Waals surface area contributed by atoms with E-state index in [-0.39, 0.29) is 0 Å². The Morgan fingerprint density at radius 1 is 1.30 bits per heavy atom. The van der Waals surface area contributed by atoms with Gasteiger partial charge < -0.3 is 10.2 Å². The minimum Gasteiger partial charge on any atom is -0.504 e. The van der Waals surface area contributed by atoms with Crippen molar-refractivity contribution < 1.29 is 14.6 Å². The Kier molecular flexibility index (Phi) is 1.49. The zero-order valence-corrected chi connectivity index (χ0v) is 5.43. The molecular formula is C7H7FO2. The molecule has 1 aromatic carbocycles. The zero-order chi connectivity index (χ0) is 7.72. The smallest absolute Gasteiger partial charge is 0.194 e. The lowest BCUT2D eigenvalue weighted by atomic mass is 10.2. The molecule has 10 heavy (non-hydrogen) atoms. The molecule has 2 nitrogen and oxygen atoms in total. The van der Waals surface area contributed by atoms with Crippen LogP contribution in [0.25, 0.3) is 0 Å². The zero-order valence-electron chi connectivity index (χ0n) is 5.43. The fourth-order valence-electron chi connectivity index (χ4n) is 0.655. The van der Waals surface area contributed by atoms with Crippen LogP contribution in [0.15, 0.2) is 12.1 Å². The van der Waals surface area contributed by atoms with Gasteiger partial charge in [0.2, 0.25) is 0 Å². The van der Waals surface area contributed by atoms with Crippen molar-refractivity contribution >= 4 is 0 Å². The van der Waals surface area contributed by atoms with E-state index in [0.29, 0.717) is 5.56 Å². The number of halogens is 1. The van der Waals surface area contributed by atoms with Crippen LogP contribution in [0.1, 0.15) is 5.56 Å². The number of aryl methyl sites for hydroxylation is 1. The van der Waals surface area contributed by atoms with Crippen molar-refractivity contribution in [2.45, 2.75) is 6.92 Å². The molecule has 0 bridgehead atoms. The quantitative estimate of drug-likeness (QED) is 0.539. The number of rotatable bonds is 0. The predicted molar refractivity (Wildman–Crippen MR) is 34.5 cm³/mol. The van der Waals surface area contributed by atoms with Crippen LogP contribution >= 0.6 is 0 Å². The normalized spacial score (nSPS) is 9.80. The minimum absolute atomic E-state index is 0.315. The molecule has 0 unspecified atom stereocenters. The highest BCUT2D eigenvalue weighted by molar-refractivity contribution is 5.41. The maximum atomic E-state index is 12.6. The molecule has 1 rings (SSSR count). The fraction of sp³-hybridized carbons (Fsp3) is 0.143. The van der Waals surface area contributed by atoms with Gasteiger partial charge in [0.25, 0.3) is 0 Å². The van der Waals surface area contributed by atoms with Crippen molar-refractivity contribution in [3.63, 3.8) is 0 Å². The summed E-state index contributed by atoms with van der Waals surface area (Å²) >= 11 is 0. The average Bonchev–Trinajstić information content (AvgIpc) is 1.93. The van der Waals surface area contributed by atoms with Crippen LogP contribution in [-0.2, 0) is 0 Å². The molecule has 0 atom stereocenters. The van der Waals surface area contributed by atoms with Crippen LogP contribution in [0.5, 0.6) is 11.5 Å². The number of phenolic OH excluding ortho intramolecular Hbond substituents is 2. The maximum Gasteiger partial charge on any atom is 0.194 e. The summed E-state index contributed by atoms with van der Waals surface area (Å²) < 4.78 is 12.6. The van der Waals surface area contributed by atoms with E-state index in [2.05, 4.69) is 0 Å². The van der Waals surface area contributed by atoms with Crippen molar-refractivity contribution in [3.05, 3.63) is 23.5 Å². The third-order valence-corrected chi connectivity index (χ3v) is 1.29. The summed E-state index contributed by atoms with van der Waals surface area (Å²) in [5.41, 5.74) is 0.315. The van der Waals surface area contributed by atoms with E-state index >= 15 is 0 Å². The van der Waals surface area contributed by atoms with Crippen LogP contribution in [0.4, 0.5) is 4.39 Å². The lowest BCUT2D eigenvalue weighted by Crippen LogP contribution is -1.81. The van der Waals surface area contributed by atoms with Crippen LogP contribution in [0.3, 0.4) is 0 Å². The molecule has 2 N–H and O–H groups in total. The molecule has 0 spiro atoms. The summed E-state index contributed by atoms with van der Waals surface area (Å²) in [5.74, 6) is -1.87. The summed E-state index contributed by atoms with van der Waals surface area (Å²) in [4.78, 5) is 0. The van der Waals surface area contributed by atoms with E-state index in [1.807, 2.05) is 0 Å². The minimum atomic E-state index is -0.764. The molecule has 0 aliphatic rings. The first kappa shape index (κ1) is 6.86. The molecule has 1 aromatic rings. The van der Waals surface area contributed by atoms with E-state index in [4.69, 9.17) is 10.2 Å². The van der Waals surface area contributed by atoms with Gasteiger partial charge in [-0.2, -0.15) is 0 Å². The van der Waals surface area contributed by atoms with Gasteiger partial charge >= 0.3 is 0 Å². The molecule has 0 saturated carbocycles. The molecule has 0 aliphatic carbocycles. The Bertz CT molecular complexity index is 231. The monoisotopic (exact) mass is 142 g/mol. The highest BCUT2D eigenvalue weighted by Gasteiger charge is 2.07. The second kappa shape index (κ2) is 2.17. The molecule has 0 amide bonds. The maximum absolute atomic E-state index is 12.6. The summed E-state index contributed by atoms with van der Waals surface area (Å²) in [6.45, 7) is 1.51. The van der Waals surface area contributed by atoms with Gasteiger partial charge in [-0.05, 0) is 18.6 Å². The standard InChI is InChI=1S/C7H7FO2/c1-4-2-3-5(9)7(10)6(4)8/h2-3,9-10H,1H3. The van der Waals surface area contributed by atoms with Gasteiger partial charge in [0.05, 0.1) is 0 Å². The number of aromatic hydroxyl groups is 2. The van der Waals surface area contributed by atoms with Crippen molar-refractivity contribution in [3.8, 4) is 11.5 Å². The van der Waals surface area contributed by atoms with Crippen LogP contribution in [-0.4, -0.2) is 10.2 Å². The second-order valence-corrected chi connectivity index (χ2v) is 2.06. The third kappa shape index (κ3) is 0.900. The first-order valence-electron chi connectivity index (χ1n) is 2.80. The van der Waals surface area contributed by atoms with Gasteiger partial charge in [0.1, 0.15) is 0 Å². The van der Waals surface area contributed by atoms with Gasteiger partial charge in [-0.1, -0.05) is 6.07 Å². The summed E-state index contributed by atoms with van der Waals surface area (Å²) in [7, 11) is 0. The molecule has 0 fully saturated rings. The van der Waals surface area contributed by atoms with Gasteiger partial charge in [0.15, 0.2) is 17.3 Å². The van der Waals surface area contributed by atoms with E-state index in [0.717, 1.165) is 0 Å².